The monoisotopic (exact) mass is 277 g/mol. The van der Waals surface area contributed by atoms with Gasteiger partial charge in [0.05, 0.1) is 6.10 Å². The first kappa shape index (κ1) is 14.9. The summed E-state index contributed by atoms with van der Waals surface area (Å²) in [5, 5.41) is 2.99. The molecule has 1 amide bonds. The van der Waals surface area contributed by atoms with Crippen LogP contribution in [0.1, 0.15) is 32.3 Å². The normalized spacial score (nSPS) is 16.1. The second-order valence-corrected chi connectivity index (χ2v) is 5.42. The van der Waals surface area contributed by atoms with Crippen molar-refractivity contribution in [2.24, 2.45) is 5.92 Å². The van der Waals surface area contributed by atoms with Gasteiger partial charge in [-0.2, -0.15) is 0 Å². The van der Waals surface area contributed by atoms with Crippen LogP contribution in [-0.4, -0.2) is 25.2 Å². The van der Waals surface area contributed by atoms with Crippen LogP contribution in [0.25, 0.3) is 0 Å². The van der Waals surface area contributed by atoms with Gasteiger partial charge < -0.3 is 14.8 Å². The standard InChI is InChI=1S/C16H23NO3/c1-12(2)20-15-5-3-13(4-6-15)11-17-16(18)14-7-9-19-10-8-14/h3-6,12,14H,7-11H2,1-2H3,(H,17,18). The van der Waals surface area contributed by atoms with Crippen LogP contribution in [0.4, 0.5) is 0 Å². The Balaban J connectivity index is 1.79. The summed E-state index contributed by atoms with van der Waals surface area (Å²) in [6.07, 6.45) is 1.83. The molecule has 1 fully saturated rings. The number of hydrogen-bond acceptors (Lipinski definition) is 3. The number of rotatable bonds is 5. The molecule has 1 aliphatic heterocycles. The maximum Gasteiger partial charge on any atom is 0.223 e. The number of nitrogens with one attached hydrogen (secondary N) is 1. The zero-order valence-corrected chi connectivity index (χ0v) is 12.2. The van der Waals surface area contributed by atoms with Gasteiger partial charge in [-0.25, -0.2) is 0 Å². The molecule has 1 aliphatic rings. The Morgan fingerprint density at radius 3 is 2.55 bits per heavy atom. The molecule has 4 heteroatoms. The van der Waals surface area contributed by atoms with E-state index < -0.39 is 0 Å². The summed E-state index contributed by atoms with van der Waals surface area (Å²) in [5.74, 6) is 1.10. The lowest BCUT2D eigenvalue weighted by Gasteiger charge is -2.21. The van der Waals surface area contributed by atoms with Gasteiger partial charge in [-0.3, -0.25) is 4.79 Å². The van der Waals surface area contributed by atoms with E-state index in [0.717, 1.165) is 24.2 Å². The van der Waals surface area contributed by atoms with Crippen molar-refractivity contribution in [2.75, 3.05) is 13.2 Å². The second kappa shape index (κ2) is 7.29. The predicted octanol–water partition coefficient (Wildman–Crippen LogP) is 2.52. The number of carbonyl (C=O) groups excluding carboxylic acids is 1. The molecule has 1 N–H and O–H groups in total. The summed E-state index contributed by atoms with van der Waals surface area (Å²) >= 11 is 0. The molecule has 0 spiro atoms. The fourth-order valence-corrected chi connectivity index (χ4v) is 2.25. The van der Waals surface area contributed by atoms with Gasteiger partial charge >= 0.3 is 0 Å². The molecular formula is C16H23NO3. The molecule has 0 bridgehead atoms. The molecule has 0 unspecified atom stereocenters. The minimum atomic E-state index is 0.104. The number of benzene rings is 1. The number of amides is 1. The van der Waals surface area contributed by atoms with Crippen LogP contribution in [0.2, 0.25) is 0 Å². The Kier molecular flexibility index (Phi) is 5.41. The average Bonchev–Trinajstić information content (AvgIpc) is 2.46. The van der Waals surface area contributed by atoms with Crippen LogP contribution in [0, 0.1) is 5.92 Å². The first-order valence-electron chi connectivity index (χ1n) is 7.26. The van der Waals surface area contributed by atoms with Crippen LogP contribution < -0.4 is 10.1 Å². The lowest BCUT2D eigenvalue weighted by Crippen LogP contribution is -2.33. The largest absolute Gasteiger partial charge is 0.491 e. The van der Waals surface area contributed by atoms with Crippen LogP contribution in [0.3, 0.4) is 0 Å². The first-order valence-corrected chi connectivity index (χ1v) is 7.26. The van der Waals surface area contributed by atoms with Crippen LogP contribution in [0.5, 0.6) is 5.75 Å². The Morgan fingerprint density at radius 1 is 1.30 bits per heavy atom. The van der Waals surface area contributed by atoms with E-state index in [0.29, 0.717) is 19.8 Å². The van der Waals surface area contributed by atoms with Crippen molar-refractivity contribution in [3.05, 3.63) is 29.8 Å². The highest BCUT2D eigenvalue weighted by atomic mass is 16.5. The van der Waals surface area contributed by atoms with Crippen molar-refractivity contribution in [1.82, 2.24) is 5.32 Å². The Morgan fingerprint density at radius 2 is 1.95 bits per heavy atom. The molecule has 0 radical (unpaired) electrons. The van der Waals surface area contributed by atoms with E-state index in [1.165, 1.54) is 0 Å². The van der Waals surface area contributed by atoms with E-state index in [-0.39, 0.29) is 17.9 Å². The maximum absolute atomic E-state index is 12.0. The lowest BCUT2D eigenvalue weighted by molar-refractivity contribution is -0.128. The third-order valence-corrected chi connectivity index (χ3v) is 3.35. The van der Waals surface area contributed by atoms with Crippen molar-refractivity contribution in [1.29, 1.82) is 0 Å². The third-order valence-electron chi connectivity index (χ3n) is 3.35. The quantitative estimate of drug-likeness (QED) is 0.899. The minimum absolute atomic E-state index is 0.104. The molecule has 110 valence electrons. The van der Waals surface area contributed by atoms with Crippen molar-refractivity contribution >= 4 is 5.91 Å². The SMILES string of the molecule is CC(C)Oc1ccc(CNC(=O)C2CCOCC2)cc1. The molecule has 0 atom stereocenters. The predicted molar refractivity (Wildman–Crippen MR) is 77.6 cm³/mol. The molecule has 2 rings (SSSR count). The minimum Gasteiger partial charge on any atom is -0.491 e. The molecule has 4 nitrogen and oxygen atoms in total. The molecule has 0 aromatic heterocycles. The van der Waals surface area contributed by atoms with E-state index in [1.54, 1.807) is 0 Å². The first-order chi connectivity index (χ1) is 9.65. The van der Waals surface area contributed by atoms with E-state index in [9.17, 15) is 4.79 Å². The topological polar surface area (TPSA) is 47.6 Å². The lowest BCUT2D eigenvalue weighted by atomic mass is 9.99. The molecule has 1 heterocycles. The van der Waals surface area contributed by atoms with Gasteiger partial charge in [0.1, 0.15) is 5.75 Å². The molecular weight excluding hydrogens is 254 g/mol. The Hall–Kier alpha value is -1.55. The van der Waals surface area contributed by atoms with Crippen molar-refractivity contribution in [2.45, 2.75) is 39.3 Å². The number of ether oxygens (including phenoxy) is 2. The summed E-state index contributed by atoms with van der Waals surface area (Å²) < 4.78 is 10.9. The zero-order valence-electron chi connectivity index (χ0n) is 12.2. The molecule has 1 saturated heterocycles. The second-order valence-electron chi connectivity index (χ2n) is 5.42. The average molecular weight is 277 g/mol. The van der Waals surface area contributed by atoms with Gasteiger partial charge in [-0.1, -0.05) is 12.1 Å². The fourth-order valence-electron chi connectivity index (χ4n) is 2.25. The molecule has 0 saturated carbocycles. The highest BCUT2D eigenvalue weighted by molar-refractivity contribution is 5.78. The summed E-state index contributed by atoms with van der Waals surface area (Å²) in [5.41, 5.74) is 1.08. The van der Waals surface area contributed by atoms with Crippen molar-refractivity contribution in [3.63, 3.8) is 0 Å². The Labute approximate surface area is 120 Å². The van der Waals surface area contributed by atoms with Gasteiger partial charge in [0.25, 0.3) is 0 Å². The van der Waals surface area contributed by atoms with Crippen LogP contribution in [0.15, 0.2) is 24.3 Å². The fraction of sp³-hybridized carbons (Fsp3) is 0.562. The molecule has 1 aromatic carbocycles. The van der Waals surface area contributed by atoms with Crippen LogP contribution >= 0.6 is 0 Å². The van der Waals surface area contributed by atoms with E-state index in [2.05, 4.69) is 5.32 Å². The highest BCUT2D eigenvalue weighted by Gasteiger charge is 2.20. The zero-order chi connectivity index (χ0) is 14.4. The summed E-state index contributed by atoms with van der Waals surface area (Å²) in [7, 11) is 0. The van der Waals surface area contributed by atoms with E-state index in [4.69, 9.17) is 9.47 Å². The van der Waals surface area contributed by atoms with E-state index >= 15 is 0 Å². The summed E-state index contributed by atoms with van der Waals surface area (Å²) in [6.45, 7) is 5.96. The van der Waals surface area contributed by atoms with Gasteiger partial charge in [0.15, 0.2) is 0 Å². The molecule has 1 aromatic rings. The summed E-state index contributed by atoms with van der Waals surface area (Å²) in [4.78, 5) is 12.0. The number of carbonyl (C=O) groups is 1. The van der Waals surface area contributed by atoms with E-state index in [1.807, 2.05) is 38.1 Å². The van der Waals surface area contributed by atoms with Gasteiger partial charge in [0, 0.05) is 25.7 Å². The summed E-state index contributed by atoms with van der Waals surface area (Å²) in [6, 6.07) is 7.86. The maximum atomic E-state index is 12.0. The van der Waals surface area contributed by atoms with Crippen molar-refractivity contribution < 1.29 is 14.3 Å². The third kappa shape index (κ3) is 4.53. The molecule has 20 heavy (non-hydrogen) atoms. The van der Waals surface area contributed by atoms with Gasteiger partial charge in [-0.15, -0.1) is 0 Å². The van der Waals surface area contributed by atoms with Gasteiger partial charge in [0.2, 0.25) is 5.91 Å². The van der Waals surface area contributed by atoms with Gasteiger partial charge in [-0.05, 0) is 44.4 Å². The van der Waals surface area contributed by atoms with Crippen LogP contribution in [-0.2, 0) is 16.1 Å². The molecule has 0 aliphatic carbocycles. The van der Waals surface area contributed by atoms with Crippen molar-refractivity contribution in [3.8, 4) is 5.75 Å². The Bertz CT molecular complexity index is 422. The number of hydrogen-bond donors (Lipinski definition) is 1. The highest BCUT2D eigenvalue weighted by Crippen LogP contribution is 2.16. The smallest absolute Gasteiger partial charge is 0.223 e.